The number of carbonyl (C=O) groups is 2. The van der Waals surface area contributed by atoms with Gasteiger partial charge in [-0.25, -0.2) is 0 Å². The highest BCUT2D eigenvalue weighted by Crippen LogP contribution is 2.34. The SMILES string of the molecule is O=C(O)C[C@@H]1CN(C(=O)[C@@H]2CCOc3ccccc32)CCO1. The van der Waals surface area contributed by atoms with Crippen LogP contribution in [0.15, 0.2) is 24.3 Å². The van der Waals surface area contributed by atoms with Gasteiger partial charge in [-0.3, -0.25) is 9.59 Å². The van der Waals surface area contributed by atoms with Crippen molar-refractivity contribution in [3.8, 4) is 5.75 Å². The van der Waals surface area contributed by atoms with Gasteiger partial charge in [0.1, 0.15) is 5.75 Å². The normalized spacial score (nSPS) is 24.3. The number of para-hydroxylation sites is 1. The second-order valence-electron chi connectivity index (χ2n) is 5.60. The topological polar surface area (TPSA) is 76.1 Å². The van der Waals surface area contributed by atoms with Gasteiger partial charge in [-0.1, -0.05) is 18.2 Å². The molecule has 0 aromatic heterocycles. The number of rotatable bonds is 3. The van der Waals surface area contributed by atoms with Gasteiger partial charge in [-0.15, -0.1) is 0 Å². The van der Waals surface area contributed by atoms with Gasteiger partial charge in [0.15, 0.2) is 0 Å². The van der Waals surface area contributed by atoms with Crippen molar-refractivity contribution in [3.05, 3.63) is 29.8 Å². The zero-order chi connectivity index (χ0) is 15.5. The number of aliphatic carboxylic acids is 1. The number of benzene rings is 1. The summed E-state index contributed by atoms with van der Waals surface area (Å²) in [4.78, 5) is 25.4. The third kappa shape index (κ3) is 3.06. The van der Waals surface area contributed by atoms with Crippen LogP contribution in [0.5, 0.6) is 5.75 Å². The third-order valence-corrected chi connectivity index (χ3v) is 4.11. The number of hydrogen-bond acceptors (Lipinski definition) is 4. The molecule has 1 saturated heterocycles. The van der Waals surface area contributed by atoms with Gasteiger partial charge in [0.2, 0.25) is 5.91 Å². The highest BCUT2D eigenvalue weighted by Gasteiger charge is 2.33. The van der Waals surface area contributed by atoms with E-state index in [9.17, 15) is 9.59 Å². The molecule has 0 saturated carbocycles. The van der Waals surface area contributed by atoms with Crippen molar-refractivity contribution in [2.45, 2.75) is 24.9 Å². The van der Waals surface area contributed by atoms with Crippen LogP contribution in [0, 0.1) is 0 Å². The summed E-state index contributed by atoms with van der Waals surface area (Å²) < 4.78 is 11.0. The first-order chi connectivity index (χ1) is 10.6. The van der Waals surface area contributed by atoms with E-state index in [2.05, 4.69) is 0 Å². The highest BCUT2D eigenvalue weighted by molar-refractivity contribution is 5.85. The molecular formula is C16H19NO5. The van der Waals surface area contributed by atoms with E-state index in [1.165, 1.54) is 0 Å². The number of hydrogen-bond donors (Lipinski definition) is 1. The summed E-state index contributed by atoms with van der Waals surface area (Å²) in [5.41, 5.74) is 0.917. The first kappa shape index (κ1) is 14.8. The number of amides is 1. The Morgan fingerprint density at radius 3 is 2.91 bits per heavy atom. The smallest absolute Gasteiger partial charge is 0.306 e. The molecule has 1 aromatic carbocycles. The van der Waals surface area contributed by atoms with E-state index in [1.54, 1.807) is 4.90 Å². The van der Waals surface area contributed by atoms with Crippen LogP contribution in [0.2, 0.25) is 0 Å². The summed E-state index contributed by atoms with van der Waals surface area (Å²) in [6, 6.07) is 7.59. The summed E-state index contributed by atoms with van der Waals surface area (Å²) >= 11 is 0. The molecule has 6 nitrogen and oxygen atoms in total. The number of fused-ring (bicyclic) bond motifs is 1. The number of carboxylic acid groups (broad SMARTS) is 1. The maximum Gasteiger partial charge on any atom is 0.306 e. The molecule has 1 amide bonds. The molecule has 2 aliphatic heterocycles. The van der Waals surface area contributed by atoms with Crippen LogP contribution >= 0.6 is 0 Å². The van der Waals surface area contributed by atoms with Crippen molar-refractivity contribution in [1.82, 2.24) is 4.90 Å². The van der Waals surface area contributed by atoms with E-state index in [4.69, 9.17) is 14.6 Å². The van der Waals surface area contributed by atoms with Crippen LogP contribution in [0.1, 0.15) is 24.3 Å². The van der Waals surface area contributed by atoms with Crippen molar-refractivity contribution in [3.63, 3.8) is 0 Å². The quantitative estimate of drug-likeness (QED) is 0.909. The number of carbonyl (C=O) groups excluding carboxylic acids is 1. The summed E-state index contributed by atoms with van der Waals surface area (Å²) in [7, 11) is 0. The molecule has 1 N–H and O–H groups in total. The van der Waals surface area contributed by atoms with Gasteiger partial charge in [0, 0.05) is 18.7 Å². The molecule has 0 radical (unpaired) electrons. The summed E-state index contributed by atoms with van der Waals surface area (Å²) in [5, 5.41) is 8.87. The van der Waals surface area contributed by atoms with Crippen molar-refractivity contribution in [2.24, 2.45) is 0 Å². The van der Waals surface area contributed by atoms with Crippen LogP contribution in [0.3, 0.4) is 0 Å². The van der Waals surface area contributed by atoms with Gasteiger partial charge >= 0.3 is 5.97 Å². The Kier molecular flexibility index (Phi) is 4.29. The molecule has 22 heavy (non-hydrogen) atoms. The van der Waals surface area contributed by atoms with Crippen molar-refractivity contribution >= 4 is 11.9 Å². The molecule has 6 heteroatoms. The average molecular weight is 305 g/mol. The van der Waals surface area contributed by atoms with Crippen LogP contribution < -0.4 is 4.74 Å². The molecule has 0 unspecified atom stereocenters. The summed E-state index contributed by atoms with van der Waals surface area (Å²) in [6.07, 6.45) is 0.149. The van der Waals surface area contributed by atoms with E-state index >= 15 is 0 Å². The monoisotopic (exact) mass is 305 g/mol. The standard InChI is InChI=1S/C16H19NO5/c18-15(19)9-11-10-17(6-8-21-11)16(20)13-5-7-22-14-4-2-1-3-12(13)14/h1-4,11,13H,5-10H2,(H,18,19)/t11-,13-/m1/s1. The lowest BCUT2D eigenvalue weighted by Crippen LogP contribution is -2.48. The first-order valence-electron chi connectivity index (χ1n) is 7.49. The van der Waals surface area contributed by atoms with Gasteiger partial charge in [0.25, 0.3) is 0 Å². The van der Waals surface area contributed by atoms with Gasteiger partial charge in [0.05, 0.1) is 31.7 Å². The van der Waals surface area contributed by atoms with E-state index < -0.39 is 12.1 Å². The fourth-order valence-corrected chi connectivity index (χ4v) is 3.06. The van der Waals surface area contributed by atoms with Crippen molar-refractivity contribution in [1.29, 1.82) is 0 Å². The molecule has 1 aromatic rings. The Bertz CT molecular complexity index is 573. The Labute approximate surface area is 128 Å². The van der Waals surface area contributed by atoms with Crippen molar-refractivity contribution in [2.75, 3.05) is 26.3 Å². The molecule has 3 rings (SSSR count). The molecule has 1 fully saturated rings. The lowest BCUT2D eigenvalue weighted by Gasteiger charge is -2.36. The van der Waals surface area contributed by atoms with Crippen LogP contribution in [0.4, 0.5) is 0 Å². The van der Waals surface area contributed by atoms with Gasteiger partial charge in [-0.05, 0) is 12.5 Å². The minimum Gasteiger partial charge on any atom is -0.493 e. The zero-order valence-corrected chi connectivity index (χ0v) is 12.2. The van der Waals surface area contributed by atoms with Crippen LogP contribution in [0.25, 0.3) is 0 Å². The van der Waals surface area contributed by atoms with Gasteiger partial charge < -0.3 is 19.5 Å². The van der Waals surface area contributed by atoms with Crippen LogP contribution in [-0.2, 0) is 14.3 Å². The molecule has 0 spiro atoms. The number of morpholine rings is 1. The Morgan fingerprint density at radius 1 is 1.27 bits per heavy atom. The number of nitrogens with zero attached hydrogens (tertiary/aromatic N) is 1. The minimum atomic E-state index is -0.907. The number of carboxylic acids is 1. The predicted octanol–water partition coefficient (Wildman–Crippen LogP) is 1.25. The maximum atomic E-state index is 12.8. The summed E-state index contributed by atoms with van der Waals surface area (Å²) in [5.74, 6) is -0.318. The number of ether oxygens (including phenoxy) is 2. The van der Waals surface area contributed by atoms with Gasteiger partial charge in [-0.2, -0.15) is 0 Å². The molecule has 118 valence electrons. The molecule has 2 aliphatic rings. The molecular weight excluding hydrogens is 286 g/mol. The molecule has 2 heterocycles. The fourth-order valence-electron chi connectivity index (χ4n) is 3.06. The fraction of sp³-hybridized carbons (Fsp3) is 0.500. The summed E-state index contributed by atoms with van der Waals surface area (Å²) in [6.45, 7) is 1.75. The Hall–Kier alpha value is -2.08. The highest BCUT2D eigenvalue weighted by atomic mass is 16.5. The zero-order valence-electron chi connectivity index (χ0n) is 12.2. The lowest BCUT2D eigenvalue weighted by atomic mass is 9.91. The average Bonchev–Trinajstić information content (AvgIpc) is 2.53. The molecule has 2 atom stereocenters. The predicted molar refractivity (Wildman–Crippen MR) is 77.9 cm³/mol. The van der Waals surface area contributed by atoms with E-state index in [1.807, 2.05) is 24.3 Å². The maximum absolute atomic E-state index is 12.8. The minimum absolute atomic E-state index is 0.0365. The Balaban J connectivity index is 1.73. The van der Waals surface area contributed by atoms with E-state index in [-0.39, 0.29) is 18.2 Å². The van der Waals surface area contributed by atoms with Crippen LogP contribution in [-0.4, -0.2) is 54.3 Å². The van der Waals surface area contributed by atoms with E-state index in [0.29, 0.717) is 32.7 Å². The Morgan fingerprint density at radius 2 is 2.09 bits per heavy atom. The third-order valence-electron chi connectivity index (χ3n) is 4.11. The largest absolute Gasteiger partial charge is 0.493 e. The second-order valence-corrected chi connectivity index (χ2v) is 5.60. The molecule has 0 aliphatic carbocycles. The molecule has 0 bridgehead atoms. The second kappa shape index (κ2) is 6.36. The van der Waals surface area contributed by atoms with E-state index in [0.717, 1.165) is 11.3 Å². The first-order valence-corrected chi connectivity index (χ1v) is 7.49. The lowest BCUT2D eigenvalue weighted by molar-refractivity contribution is -0.148. The van der Waals surface area contributed by atoms with Crippen molar-refractivity contribution < 1.29 is 24.2 Å².